The molecule has 0 aliphatic rings. The van der Waals surface area contributed by atoms with Gasteiger partial charge in [0.1, 0.15) is 0 Å². The Balaban J connectivity index is 5.03. The van der Waals surface area contributed by atoms with Gasteiger partial charge in [-0.15, -0.1) is 0 Å². The van der Waals surface area contributed by atoms with Gasteiger partial charge in [-0.1, -0.05) is 77.4 Å². The van der Waals surface area contributed by atoms with Gasteiger partial charge in [0.2, 0.25) is 0 Å². The Hall–Kier alpha value is 0.961. The van der Waals surface area contributed by atoms with E-state index in [4.69, 9.17) is 13.6 Å². The van der Waals surface area contributed by atoms with Crippen LogP contribution in [0.3, 0.4) is 0 Å². The minimum Gasteiger partial charge on any atom is -0.310 e. The Morgan fingerprint density at radius 1 is 0.536 bits per heavy atom. The first-order valence-corrected chi connectivity index (χ1v) is 18.1. The van der Waals surface area contributed by atoms with Crippen LogP contribution in [0.2, 0.25) is 18.1 Å². The lowest BCUT2D eigenvalue weighted by atomic mass is 10.4. The van der Waals surface area contributed by atoms with E-state index in [0.29, 0.717) is 0 Å². The molecule has 170 valence electrons. The average Bonchev–Trinajstić information content (AvgIpc) is 2.53. The van der Waals surface area contributed by atoms with Crippen LogP contribution in [0, 0.1) is 0 Å². The van der Waals surface area contributed by atoms with Crippen LogP contribution >= 0.6 is 8.60 Å². The predicted molar refractivity (Wildman–Crippen MR) is 137 cm³/mol. The molecule has 0 rings (SSSR count). The first-order valence-electron chi connectivity index (χ1n) is 11.8. The number of hydrogen-bond donors (Lipinski definition) is 0. The van der Waals surface area contributed by atoms with Crippen molar-refractivity contribution < 1.29 is 13.6 Å². The topological polar surface area (TPSA) is 27.7 Å². The second kappa shape index (κ2) is 14.9. The molecule has 0 saturated carbocycles. The summed E-state index contributed by atoms with van der Waals surface area (Å²) in [5.41, 5.74) is 0. The molecular weight excluding hydrogens is 415 g/mol. The summed E-state index contributed by atoms with van der Waals surface area (Å²) in [5, 5.41) is -0.158. The first kappa shape index (κ1) is 29.0. The van der Waals surface area contributed by atoms with Crippen LogP contribution in [0.4, 0.5) is 0 Å². The minimum atomic E-state index is -1.28. The van der Waals surface area contributed by atoms with Crippen LogP contribution in [0.5, 0.6) is 0 Å². The summed E-state index contributed by atoms with van der Waals surface area (Å²) in [6.07, 6.45) is 7.79. The molecule has 0 bridgehead atoms. The monoisotopic (exact) mass is 466 g/mol. The zero-order valence-corrected chi connectivity index (χ0v) is 25.8. The molecule has 28 heavy (non-hydrogen) atoms. The molecule has 0 aliphatic carbocycles. The zero-order valence-electron chi connectivity index (χ0n) is 20.7. The van der Waals surface area contributed by atoms with Crippen LogP contribution in [0.1, 0.15) is 101 Å². The molecule has 0 aromatic carbocycles. The summed E-state index contributed by atoms with van der Waals surface area (Å²) in [7, 11) is -2.19. The van der Waals surface area contributed by atoms with Crippen molar-refractivity contribution in [2.75, 3.05) is 0 Å². The quantitative estimate of drug-likeness (QED) is 0.149. The Kier molecular flexibility index (Phi) is 15.4. The van der Waals surface area contributed by atoms with E-state index in [-0.39, 0.29) is 44.2 Å². The normalized spacial score (nSPS) is 15.8. The predicted octanol–water partition coefficient (Wildman–Crippen LogP) is 5.63. The minimum absolute atomic E-state index is 0.0526. The van der Waals surface area contributed by atoms with Crippen molar-refractivity contribution in [2.45, 2.75) is 135 Å². The highest BCUT2D eigenvalue weighted by atomic mass is 31.2. The lowest BCUT2D eigenvalue weighted by molar-refractivity contribution is 0.0529. The van der Waals surface area contributed by atoms with Gasteiger partial charge < -0.3 is 13.6 Å². The van der Waals surface area contributed by atoms with E-state index < -0.39 is 8.60 Å². The third kappa shape index (κ3) is 15.8. The fourth-order valence-corrected chi connectivity index (χ4v) is 11.4. The molecule has 3 nitrogen and oxygen atoms in total. The van der Waals surface area contributed by atoms with E-state index in [2.05, 4.69) is 62.3 Å². The van der Waals surface area contributed by atoms with Gasteiger partial charge in [-0.2, -0.15) is 0 Å². The molecule has 0 aliphatic heterocycles. The summed E-state index contributed by atoms with van der Waals surface area (Å²) in [6, 6.07) is 4.03. The van der Waals surface area contributed by atoms with E-state index in [1.165, 1.54) is 56.7 Å². The SMILES string of the molecule is CCCC[SiH2]C(C)(C)OP(OC(C)(C)[SiH2]CCCC)OC(C)(C)[SiH2]CCCC. The summed E-state index contributed by atoms with van der Waals surface area (Å²) >= 11 is 0. The Labute approximate surface area is 185 Å². The first-order chi connectivity index (χ1) is 13.0. The average molecular weight is 467 g/mol. The highest BCUT2D eigenvalue weighted by Gasteiger charge is 2.35. The van der Waals surface area contributed by atoms with Crippen LogP contribution in [0.25, 0.3) is 0 Å². The molecule has 0 radical (unpaired) electrons. The van der Waals surface area contributed by atoms with E-state index in [9.17, 15) is 0 Å². The Morgan fingerprint density at radius 2 is 0.786 bits per heavy atom. The molecule has 0 aromatic heterocycles. The number of unbranched alkanes of at least 4 members (excludes halogenated alkanes) is 3. The second-order valence-electron chi connectivity index (χ2n) is 10.1. The Morgan fingerprint density at radius 3 is 1.00 bits per heavy atom. The molecule has 0 unspecified atom stereocenters. The van der Waals surface area contributed by atoms with Crippen LogP contribution < -0.4 is 0 Å². The number of hydrogen-bond acceptors (Lipinski definition) is 3. The molecule has 0 saturated heterocycles. The van der Waals surface area contributed by atoms with Crippen LogP contribution in [-0.2, 0) is 13.6 Å². The zero-order chi connectivity index (χ0) is 21.7. The standard InChI is InChI=1S/C21H51O3PSi3/c1-10-13-16-26-19(4,5)22-25(23-20(6,7)27-17-14-11-2)24-21(8,9)28-18-15-12-3/h10-18,26-28H2,1-9H3. The van der Waals surface area contributed by atoms with Gasteiger partial charge in [-0.05, 0) is 41.5 Å². The summed E-state index contributed by atoms with van der Waals surface area (Å²) in [4.78, 5) is 0. The summed E-state index contributed by atoms with van der Waals surface area (Å²) < 4.78 is 19.8. The van der Waals surface area contributed by atoms with Crippen molar-refractivity contribution in [2.24, 2.45) is 0 Å². The van der Waals surface area contributed by atoms with Crippen molar-refractivity contribution in [1.29, 1.82) is 0 Å². The molecule has 0 spiro atoms. The third-order valence-corrected chi connectivity index (χ3v) is 14.4. The lowest BCUT2D eigenvalue weighted by Crippen LogP contribution is -2.38. The van der Waals surface area contributed by atoms with Crippen molar-refractivity contribution in [1.82, 2.24) is 0 Å². The molecule has 0 aromatic rings. The highest BCUT2D eigenvalue weighted by molar-refractivity contribution is 7.42. The Bertz CT molecular complexity index is 336. The van der Waals surface area contributed by atoms with E-state index in [1.54, 1.807) is 0 Å². The molecular formula is C21H51O3PSi3. The van der Waals surface area contributed by atoms with Gasteiger partial charge in [-0.3, -0.25) is 0 Å². The van der Waals surface area contributed by atoms with Gasteiger partial charge in [0.15, 0.2) is 0 Å². The smallest absolute Gasteiger partial charge is 0.310 e. The van der Waals surface area contributed by atoms with Crippen molar-refractivity contribution in [3.05, 3.63) is 0 Å². The second-order valence-corrected chi connectivity index (χ2v) is 19.9. The van der Waals surface area contributed by atoms with Crippen molar-refractivity contribution in [3.8, 4) is 0 Å². The maximum Gasteiger partial charge on any atom is 0.333 e. The molecule has 0 N–H and O–H groups in total. The van der Waals surface area contributed by atoms with Crippen LogP contribution in [0.15, 0.2) is 0 Å². The highest BCUT2D eigenvalue weighted by Crippen LogP contribution is 2.50. The fourth-order valence-electron chi connectivity index (χ4n) is 3.20. The molecule has 0 heterocycles. The molecule has 0 fully saturated rings. The van der Waals surface area contributed by atoms with E-state index in [0.717, 1.165) is 0 Å². The largest absolute Gasteiger partial charge is 0.333 e. The molecule has 7 heteroatoms. The van der Waals surface area contributed by atoms with Gasteiger partial charge in [0, 0.05) is 0 Å². The van der Waals surface area contributed by atoms with E-state index in [1.807, 2.05) is 0 Å². The van der Waals surface area contributed by atoms with E-state index >= 15 is 0 Å². The number of rotatable bonds is 18. The van der Waals surface area contributed by atoms with Gasteiger partial charge in [0.05, 0.1) is 44.2 Å². The van der Waals surface area contributed by atoms with Gasteiger partial charge >= 0.3 is 8.60 Å². The molecule has 0 amide bonds. The maximum atomic E-state index is 6.60. The lowest BCUT2D eigenvalue weighted by Gasteiger charge is -2.38. The fraction of sp³-hybridized carbons (Fsp3) is 1.00. The van der Waals surface area contributed by atoms with Gasteiger partial charge in [-0.25, -0.2) is 0 Å². The maximum absolute atomic E-state index is 6.60. The third-order valence-electron chi connectivity index (χ3n) is 5.11. The summed E-state index contributed by atoms with van der Waals surface area (Å²) in [6.45, 7) is 20.4. The summed E-state index contributed by atoms with van der Waals surface area (Å²) in [5.74, 6) is 0. The van der Waals surface area contributed by atoms with Crippen LogP contribution in [-0.4, -0.2) is 44.2 Å². The van der Waals surface area contributed by atoms with Crippen molar-refractivity contribution >= 4 is 37.2 Å². The molecule has 0 atom stereocenters. The van der Waals surface area contributed by atoms with Gasteiger partial charge in [0.25, 0.3) is 0 Å². The van der Waals surface area contributed by atoms with Crippen molar-refractivity contribution in [3.63, 3.8) is 0 Å².